The minimum atomic E-state index is -1.50. The van der Waals surface area contributed by atoms with E-state index in [4.69, 9.17) is 5.73 Å². The van der Waals surface area contributed by atoms with Gasteiger partial charge in [-0.25, -0.2) is 9.37 Å². The van der Waals surface area contributed by atoms with Gasteiger partial charge in [0.05, 0.1) is 21.4 Å². The van der Waals surface area contributed by atoms with Crippen molar-refractivity contribution in [2.24, 2.45) is 7.05 Å². The molecule has 1 aromatic heterocycles. The van der Waals surface area contributed by atoms with Crippen molar-refractivity contribution >= 4 is 16.5 Å². The van der Waals surface area contributed by atoms with Crippen molar-refractivity contribution in [3.63, 3.8) is 0 Å². The molecule has 2 N–H and O–H groups in total. The van der Waals surface area contributed by atoms with Crippen LogP contribution in [0.1, 0.15) is 5.82 Å². The monoisotopic (exact) mass is 254 g/mol. The van der Waals surface area contributed by atoms with Crippen LogP contribution in [0.4, 0.5) is 10.1 Å². The second kappa shape index (κ2) is 4.62. The second-order valence-electron chi connectivity index (χ2n) is 3.48. The summed E-state index contributed by atoms with van der Waals surface area (Å²) in [5.41, 5.74) is 5.73. The van der Waals surface area contributed by atoms with Crippen molar-refractivity contribution < 1.29 is 8.60 Å². The van der Waals surface area contributed by atoms with Crippen molar-refractivity contribution in [2.75, 3.05) is 5.73 Å². The average Bonchev–Trinajstić information content (AvgIpc) is 2.64. The van der Waals surface area contributed by atoms with E-state index >= 15 is 0 Å². The Balaban J connectivity index is 2.23. The number of nitrogen functional groups attached to an aromatic ring is 1. The molecule has 2 aromatic rings. The lowest BCUT2D eigenvalue weighted by Crippen LogP contribution is -2.06. The van der Waals surface area contributed by atoms with E-state index < -0.39 is 16.6 Å². The minimum absolute atomic E-state index is 0.122. The Morgan fingerprint density at radius 2 is 2.29 bits per heavy atom. The van der Waals surface area contributed by atoms with Gasteiger partial charge in [-0.05, 0) is 18.2 Å². The molecule has 0 aliphatic heterocycles. The van der Waals surface area contributed by atoms with Crippen LogP contribution < -0.4 is 5.73 Å². The van der Waals surface area contributed by atoms with Gasteiger partial charge in [-0.15, -0.1) is 0 Å². The molecule has 0 bridgehead atoms. The van der Waals surface area contributed by atoms with Gasteiger partial charge in [-0.2, -0.15) is 5.10 Å². The zero-order chi connectivity index (χ0) is 12.4. The number of halogens is 1. The van der Waals surface area contributed by atoms with Crippen LogP contribution in [0.2, 0.25) is 0 Å². The van der Waals surface area contributed by atoms with E-state index in [1.54, 1.807) is 7.05 Å². The van der Waals surface area contributed by atoms with Gasteiger partial charge in [0.2, 0.25) is 0 Å². The molecule has 1 unspecified atom stereocenters. The molecule has 17 heavy (non-hydrogen) atoms. The Hall–Kier alpha value is -1.76. The first-order valence-electron chi connectivity index (χ1n) is 4.84. The van der Waals surface area contributed by atoms with Crippen molar-refractivity contribution in [3.8, 4) is 0 Å². The predicted molar refractivity (Wildman–Crippen MR) is 61.9 cm³/mol. The third kappa shape index (κ3) is 2.50. The molecule has 5 nitrogen and oxygen atoms in total. The summed E-state index contributed by atoms with van der Waals surface area (Å²) in [6.45, 7) is 0. The highest BCUT2D eigenvalue weighted by molar-refractivity contribution is 7.84. The van der Waals surface area contributed by atoms with Gasteiger partial charge >= 0.3 is 0 Å². The van der Waals surface area contributed by atoms with Gasteiger partial charge in [0.1, 0.15) is 18.0 Å². The van der Waals surface area contributed by atoms with Crippen LogP contribution in [0.5, 0.6) is 0 Å². The quantitative estimate of drug-likeness (QED) is 0.824. The average molecular weight is 254 g/mol. The van der Waals surface area contributed by atoms with Crippen LogP contribution in [0.15, 0.2) is 29.4 Å². The third-order valence-electron chi connectivity index (χ3n) is 2.27. The highest BCUT2D eigenvalue weighted by atomic mass is 32.2. The normalized spacial score (nSPS) is 12.6. The molecule has 1 heterocycles. The fourth-order valence-corrected chi connectivity index (χ4v) is 2.50. The summed E-state index contributed by atoms with van der Waals surface area (Å²) in [7, 11) is 0.197. The van der Waals surface area contributed by atoms with Crippen LogP contribution in [0.25, 0.3) is 0 Å². The SMILES string of the molecule is Cn1ncnc1CS(=O)c1ccc(N)cc1F. The highest BCUT2D eigenvalue weighted by Gasteiger charge is 2.13. The zero-order valence-corrected chi connectivity index (χ0v) is 9.95. The number of aromatic nitrogens is 3. The third-order valence-corrected chi connectivity index (χ3v) is 3.61. The number of anilines is 1. The molecular formula is C10H11FN4OS. The lowest BCUT2D eigenvalue weighted by atomic mass is 10.3. The number of benzene rings is 1. The van der Waals surface area contributed by atoms with Crippen LogP contribution in [0, 0.1) is 5.82 Å². The van der Waals surface area contributed by atoms with Gasteiger partial charge in [0, 0.05) is 12.7 Å². The van der Waals surface area contributed by atoms with E-state index in [0.717, 1.165) is 6.07 Å². The Kier molecular flexibility index (Phi) is 3.19. The summed E-state index contributed by atoms with van der Waals surface area (Å²) < 4.78 is 27.0. The largest absolute Gasteiger partial charge is 0.399 e. The number of rotatable bonds is 3. The Morgan fingerprint density at radius 3 is 2.88 bits per heavy atom. The summed E-state index contributed by atoms with van der Waals surface area (Å²) in [5.74, 6) is 0.0993. The van der Waals surface area contributed by atoms with Crippen LogP contribution in [-0.4, -0.2) is 19.0 Å². The number of nitrogens with zero attached hydrogens (tertiary/aromatic N) is 3. The molecule has 0 aliphatic rings. The highest BCUT2D eigenvalue weighted by Crippen LogP contribution is 2.17. The first-order valence-corrected chi connectivity index (χ1v) is 6.16. The van der Waals surface area contributed by atoms with Gasteiger partial charge in [-0.3, -0.25) is 8.89 Å². The summed E-state index contributed by atoms with van der Waals surface area (Å²) in [5, 5.41) is 3.86. The van der Waals surface area contributed by atoms with Crippen LogP contribution >= 0.6 is 0 Å². The lowest BCUT2D eigenvalue weighted by Gasteiger charge is -2.04. The Bertz CT molecular complexity index is 569. The molecule has 0 fully saturated rings. The molecule has 0 saturated heterocycles. The molecule has 0 radical (unpaired) electrons. The Morgan fingerprint density at radius 1 is 1.53 bits per heavy atom. The van der Waals surface area contributed by atoms with Crippen molar-refractivity contribution in [2.45, 2.75) is 10.6 Å². The molecule has 7 heteroatoms. The van der Waals surface area contributed by atoms with E-state index in [1.807, 2.05) is 0 Å². The van der Waals surface area contributed by atoms with E-state index in [1.165, 1.54) is 23.1 Å². The summed E-state index contributed by atoms with van der Waals surface area (Å²) in [6, 6.07) is 4.11. The van der Waals surface area contributed by atoms with Gasteiger partial charge in [-0.1, -0.05) is 0 Å². The molecule has 1 atom stereocenters. The van der Waals surface area contributed by atoms with Crippen LogP contribution in [-0.2, 0) is 23.6 Å². The maximum atomic E-state index is 13.5. The number of aryl methyl sites for hydroxylation is 1. The lowest BCUT2D eigenvalue weighted by molar-refractivity contribution is 0.595. The van der Waals surface area contributed by atoms with Crippen molar-refractivity contribution in [1.29, 1.82) is 0 Å². The number of hydrogen-bond donors (Lipinski definition) is 1. The smallest absolute Gasteiger partial charge is 0.141 e. The van der Waals surface area contributed by atoms with Crippen LogP contribution in [0.3, 0.4) is 0 Å². The zero-order valence-electron chi connectivity index (χ0n) is 9.13. The predicted octanol–water partition coefficient (Wildman–Crippen LogP) is 0.844. The fourth-order valence-electron chi connectivity index (χ4n) is 1.35. The molecule has 1 aromatic carbocycles. The van der Waals surface area contributed by atoms with Gasteiger partial charge in [0.15, 0.2) is 0 Å². The number of hydrogen-bond acceptors (Lipinski definition) is 4. The second-order valence-corrected chi connectivity index (χ2v) is 4.90. The molecule has 0 saturated carbocycles. The molecular weight excluding hydrogens is 243 g/mol. The first kappa shape index (κ1) is 11.7. The summed E-state index contributed by atoms with van der Waals surface area (Å²) in [6.07, 6.45) is 1.37. The fraction of sp³-hybridized carbons (Fsp3) is 0.200. The maximum Gasteiger partial charge on any atom is 0.141 e. The Labute approximate surface area is 99.9 Å². The summed E-state index contributed by atoms with van der Waals surface area (Å²) >= 11 is 0. The summed E-state index contributed by atoms with van der Waals surface area (Å²) in [4.78, 5) is 4.07. The standard InChI is InChI=1S/C10H11FN4OS/c1-15-10(13-6-14-15)5-17(16)9-3-2-7(12)4-8(9)11/h2-4,6H,5,12H2,1H3. The van der Waals surface area contributed by atoms with Crippen molar-refractivity contribution in [3.05, 3.63) is 36.2 Å². The molecule has 0 aliphatic carbocycles. The maximum absolute atomic E-state index is 13.5. The van der Waals surface area contributed by atoms with E-state index in [9.17, 15) is 8.60 Å². The molecule has 2 rings (SSSR count). The first-order chi connectivity index (χ1) is 8.08. The van der Waals surface area contributed by atoms with Crippen molar-refractivity contribution in [1.82, 2.24) is 14.8 Å². The molecule has 0 amide bonds. The molecule has 90 valence electrons. The minimum Gasteiger partial charge on any atom is -0.399 e. The van der Waals surface area contributed by atoms with E-state index in [2.05, 4.69) is 10.1 Å². The molecule has 0 spiro atoms. The van der Waals surface area contributed by atoms with E-state index in [0.29, 0.717) is 11.5 Å². The van der Waals surface area contributed by atoms with Gasteiger partial charge < -0.3 is 5.73 Å². The number of nitrogens with two attached hydrogens (primary N) is 1. The van der Waals surface area contributed by atoms with E-state index in [-0.39, 0.29) is 10.6 Å². The topological polar surface area (TPSA) is 73.8 Å². The van der Waals surface area contributed by atoms with Gasteiger partial charge in [0.25, 0.3) is 0 Å².